The molecule has 0 saturated heterocycles. The highest BCUT2D eigenvalue weighted by Crippen LogP contribution is 2.32. The van der Waals surface area contributed by atoms with E-state index in [-0.39, 0.29) is 0 Å². The van der Waals surface area contributed by atoms with Crippen molar-refractivity contribution in [3.05, 3.63) is 68.9 Å². The van der Waals surface area contributed by atoms with Gasteiger partial charge in [0.15, 0.2) is 0 Å². The van der Waals surface area contributed by atoms with E-state index in [1.54, 1.807) is 0 Å². The molecule has 0 fully saturated rings. The largest absolute Gasteiger partial charge is 0.356 e. The molecule has 4 nitrogen and oxygen atoms in total. The third kappa shape index (κ3) is 4.62. The quantitative estimate of drug-likeness (QED) is 0.389. The van der Waals surface area contributed by atoms with E-state index in [0.29, 0.717) is 0 Å². The van der Waals surface area contributed by atoms with Gasteiger partial charge >= 0.3 is 0 Å². The van der Waals surface area contributed by atoms with Gasteiger partial charge in [0.05, 0.1) is 43.1 Å². The van der Waals surface area contributed by atoms with Gasteiger partial charge in [-0.25, -0.2) is 0 Å². The van der Waals surface area contributed by atoms with Crippen LogP contribution in [-0.4, -0.2) is 11.4 Å². The topological polar surface area (TPSA) is 48.8 Å². The minimum atomic E-state index is 0.872. The van der Waals surface area contributed by atoms with Crippen LogP contribution in [0.25, 0.3) is 0 Å². The van der Waals surface area contributed by atoms with Gasteiger partial charge in [0.2, 0.25) is 0 Å². The molecule has 0 spiro atoms. The summed E-state index contributed by atoms with van der Waals surface area (Å²) in [5.41, 5.74) is 7.32. The predicted octanol–water partition coefficient (Wildman–Crippen LogP) is 7.66. The van der Waals surface area contributed by atoms with Gasteiger partial charge in [-0.1, -0.05) is 24.3 Å². The molecule has 0 saturated carbocycles. The van der Waals surface area contributed by atoms with E-state index in [1.165, 1.54) is 0 Å². The van der Waals surface area contributed by atoms with Gasteiger partial charge in [0, 0.05) is 11.4 Å². The van der Waals surface area contributed by atoms with Crippen molar-refractivity contribution >= 4 is 66.0 Å². The van der Waals surface area contributed by atoms with Crippen LogP contribution >= 0.6 is 31.9 Å². The molecule has 6 heteroatoms. The fourth-order valence-corrected chi connectivity index (χ4v) is 3.25. The third-order valence-electron chi connectivity index (χ3n) is 4.32. The summed E-state index contributed by atoms with van der Waals surface area (Å²) in [7, 11) is 0. The Bertz CT molecular complexity index is 949. The number of nitrogens with one attached hydrogen (secondary N) is 2. The number of anilines is 2. The normalized spacial score (nSPS) is 20.6. The van der Waals surface area contributed by atoms with E-state index in [1.807, 2.05) is 76.2 Å². The Morgan fingerprint density at radius 3 is 1.36 bits per heavy atom. The van der Waals surface area contributed by atoms with Crippen LogP contribution in [0.4, 0.5) is 22.7 Å². The number of aliphatic imine (C=N–C) groups is 2. The van der Waals surface area contributed by atoms with Crippen molar-refractivity contribution in [2.45, 2.75) is 27.7 Å². The van der Waals surface area contributed by atoms with Crippen LogP contribution in [0.2, 0.25) is 0 Å². The van der Waals surface area contributed by atoms with E-state index in [2.05, 4.69) is 42.5 Å². The molecule has 1 heterocycles. The second-order valence-corrected chi connectivity index (χ2v) is 8.14. The number of benzene rings is 2. The van der Waals surface area contributed by atoms with E-state index < -0.39 is 0 Å². The molecule has 0 atom stereocenters. The Hall–Kier alpha value is -2.18. The van der Waals surface area contributed by atoms with Crippen LogP contribution in [-0.2, 0) is 0 Å². The fourth-order valence-electron chi connectivity index (χ4n) is 2.87. The molecular weight excluding hydrogens is 480 g/mol. The zero-order valence-electron chi connectivity index (χ0n) is 16.3. The highest BCUT2D eigenvalue weighted by molar-refractivity contribution is 9.12. The lowest BCUT2D eigenvalue weighted by Crippen LogP contribution is -2.06. The SMILES string of the molecule is CC1=Nc2ccccc2N/C(C)=C(/Br)C(C)=Nc2ccccc2N/C(C)=C\1Br. The van der Waals surface area contributed by atoms with Gasteiger partial charge in [0.25, 0.3) is 0 Å². The number of hydrogen-bond donors (Lipinski definition) is 2. The summed E-state index contributed by atoms with van der Waals surface area (Å²) in [6.07, 6.45) is 0. The lowest BCUT2D eigenvalue weighted by Gasteiger charge is -2.16. The molecule has 3 rings (SSSR count). The Labute approximate surface area is 182 Å². The van der Waals surface area contributed by atoms with Gasteiger partial charge in [-0.05, 0) is 83.8 Å². The second-order valence-electron chi connectivity index (χ2n) is 6.56. The molecule has 0 bridgehead atoms. The summed E-state index contributed by atoms with van der Waals surface area (Å²) in [6.45, 7) is 8.02. The first kappa shape index (κ1) is 20.6. The molecule has 144 valence electrons. The van der Waals surface area contributed by atoms with E-state index >= 15 is 0 Å². The Morgan fingerprint density at radius 2 is 0.964 bits per heavy atom. The summed E-state index contributed by atoms with van der Waals surface area (Å²) in [5.74, 6) is 0. The minimum absolute atomic E-state index is 0.872. The second kappa shape index (κ2) is 8.88. The molecule has 1 aliphatic rings. The van der Waals surface area contributed by atoms with Gasteiger partial charge in [0.1, 0.15) is 0 Å². The molecule has 0 unspecified atom stereocenters. The number of halogens is 2. The van der Waals surface area contributed by atoms with Crippen LogP contribution in [0.15, 0.2) is 78.9 Å². The van der Waals surface area contributed by atoms with Gasteiger partial charge in [-0.2, -0.15) is 0 Å². The zero-order chi connectivity index (χ0) is 20.3. The van der Waals surface area contributed by atoms with Crippen LogP contribution in [0.5, 0.6) is 0 Å². The monoisotopic (exact) mass is 500 g/mol. The van der Waals surface area contributed by atoms with E-state index in [9.17, 15) is 0 Å². The molecule has 2 aromatic rings. The Balaban J connectivity index is 2.23. The first-order chi connectivity index (χ1) is 13.4. The van der Waals surface area contributed by atoms with E-state index in [0.717, 1.165) is 54.5 Å². The van der Waals surface area contributed by atoms with Crippen LogP contribution in [0.3, 0.4) is 0 Å². The number of nitrogens with zero attached hydrogens (tertiary/aromatic N) is 2. The minimum Gasteiger partial charge on any atom is -0.356 e. The number of rotatable bonds is 0. The predicted molar refractivity (Wildman–Crippen MR) is 129 cm³/mol. The third-order valence-corrected chi connectivity index (χ3v) is 6.66. The summed E-state index contributed by atoms with van der Waals surface area (Å²) < 4.78 is 1.84. The maximum absolute atomic E-state index is 4.83. The van der Waals surface area contributed by atoms with Crippen LogP contribution in [0, 0.1) is 0 Å². The molecule has 1 aliphatic heterocycles. The van der Waals surface area contributed by atoms with Crippen molar-refractivity contribution in [1.82, 2.24) is 0 Å². The van der Waals surface area contributed by atoms with E-state index in [4.69, 9.17) is 9.98 Å². The summed E-state index contributed by atoms with van der Waals surface area (Å²) in [5, 5.41) is 6.93. The molecular formula is C22H22Br2N4. The maximum atomic E-state index is 4.83. The molecule has 0 amide bonds. The first-order valence-corrected chi connectivity index (χ1v) is 10.5. The van der Waals surface area contributed by atoms with Crippen LogP contribution in [0.1, 0.15) is 27.7 Å². The van der Waals surface area contributed by atoms with Crippen molar-refractivity contribution in [2.24, 2.45) is 9.98 Å². The van der Waals surface area contributed by atoms with Crippen LogP contribution < -0.4 is 10.6 Å². The van der Waals surface area contributed by atoms with Gasteiger partial charge < -0.3 is 10.6 Å². The molecule has 28 heavy (non-hydrogen) atoms. The molecule has 0 aliphatic carbocycles. The zero-order valence-corrected chi connectivity index (χ0v) is 19.4. The molecule has 0 aromatic heterocycles. The molecule has 2 aromatic carbocycles. The Kier molecular flexibility index (Phi) is 6.52. The van der Waals surface area contributed by atoms with Crippen molar-refractivity contribution < 1.29 is 0 Å². The van der Waals surface area contributed by atoms with Gasteiger partial charge in [-0.3, -0.25) is 9.98 Å². The molecule has 2 N–H and O–H groups in total. The first-order valence-electron chi connectivity index (χ1n) is 8.93. The molecule has 0 radical (unpaired) electrons. The number of fused-ring (bicyclic) bond motifs is 2. The average Bonchev–Trinajstić information content (AvgIpc) is 2.68. The van der Waals surface area contributed by atoms with Crippen molar-refractivity contribution in [3.8, 4) is 0 Å². The summed E-state index contributed by atoms with van der Waals surface area (Å²) in [4.78, 5) is 9.67. The standard InChI is InChI=1S/C22H22Br2N4/c1-13-21(23)14(2)26-19-11-7-8-12-20(19)28-16(4)22(24)15(3)27-18-10-6-5-9-17(18)25-13/h5-12,25,28H,1-4H3/b21-13+,22-16+,26-14?,27-15?. The van der Waals surface area contributed by atoms with Crippen molar-refractivity contribution in [2.75, 3.05) is 10.6 Å². The summed E-state index contributed by atoms with van der Waals surface area (Å²) >= 11 is 7.39. The van der Waals surface area contributed by atoms with Crippen molar-refractivity contribution in [1.29, 1.82) is 0 Å². The fraction of sp³-hybridized carbons (Fsp3) is 0.182. The Morgan fingerprint density at radius 1 is 0.607 bits per heavy atom. The lowest BCUT2D eigenvalue weighted by molar-refractivity contribution is 1.33. The smallest absolute Gasteiger partial charge is 0.0868 e. The number of hydrogen-bond acceptors (Lipinski definition) is 4. The summed E-state index contributed by atoms with van der Waals surface area (Å²) in [6, 6.07) is 16.0. The maximum Gasteiger partial charge on any atom is 0.0868 e. The number of para-hydroxylation sites is 4. The average molecular weight is 502 g/mol. The highest BCUT2D eigenvalue weighted by atomic mass is 79.9. The van der Waals surface area contributed by atoms with Crippen molar-refractivity contribution in [3.63, 3.8) is 0 Å². The number of allylic oxidation sites excluding steroid dienone is 4. The van der Waals surface area contributed by atoms with Gasteiger partial charge in [-0.15, -0.1) is 0 Å². The lowest BCUT2D eigenvalue weighted by atomic mass is 10.2. The highest BCUT2D eigenvalue weighted by Gasteiger charge is 2.11.